The van der Waals surface area contributed by atoms with Crippen molar-refractivity contribution >= 4 is 10.0 Å². The summed E-state index contributed by atoms with van der Waals surface area (Å²) in [5, 5.41) is 13.1. The van der Waals surface area contributed by atoms with Crippen LogP contribution in [0.1, 0.15) is 17.0 Å². The van der Waals surface area contributed by atoms with E-state index in [4.69, 9.17) is 14.1 Å². The summed E-state index contributed by atoms with van der Waals surface area (Å²) in [6.45, 7) is 4.59. The van der Waals surface area contributed by atoms with Gasteiger partial charge in [-0.05, 0) is 31.5 Å². The van der Waals surface area contributed by atoms with E-state index < -0.39 is 10.0 Å². The summed E-state index contributed by atoms with van der Waals surface area (Å²) < 4.78 is 34.8. The molecule has 0 aliphatic rings. The van der Waals surface area contributed by atoms with Gasteiger partial charge < -0.3 is 8.94 Å². The molecule has 0 spiro atoms. The molecule has 0 bridgehead atoms. The molecular formula is C18H17N5O4S. The molecule has 0 unspecified atom stereocenters. The molecule has 28 heavy (non-hydrogen) atoms. The topological polar surface area (TPSA) is 130 Å². The van der Waals surface area contributed by atoms with Gasteiger partial charge in [-0.2, -0.15) is 10.1 Å². The highest BCUT2D eigenvalue weighted by Gasteiger charge is 2.18. The lowest BCUT2D eigenvalue weighted by molar-refractivity contribution is 0.429. The molecule has 4 aromatic rings. The van der Waals surface area contributed by atoms with E-state index in [0.29, 0.717) is 17.9 Å². The molecule has 2 N–H and O–H groups in total. The SMILES string of the molecule is Cc1cc(C)n(Cc2cccc(-c3noc(-c4coc(S(N)(=O)=O)c4)n3)c2)n1. The van der Waals surface area contributed by atoms with Crippen LogP contribution in [0.5, 0.6) is 0 Å². The van der Waals surface area contributed by atoms with Crippen LogP contribution in [-0.2, 0) is 16.6 Å². The molecule has 4 rings (SSSR count). The molecule has 0 radical (unpaired) electrons. The summed E-state index contributed by atoms with van der Waals surface area (Å²) in [5.74, 6) is 0.515. The molecule has 0 saturated heterocycles. The first-order valence-corrected chi connectivity index (χ1v) is 9.90. The van der Waals surface area contributed by atoms with Gasteiger partial charge in [-0.15, -0.1) is 0 Å². The van der Waals surface area contributed by atoms with Crippen molar-refractivity contribution in [2.24, 2.45) is 5.14 Å². The Hall–Kier alpha value is -3.24. The Morgan fingerprint density at radius 2 is 1.96 bits per heavy atom. The minimum Gasteiger partial charge on any atom is -0.451 e. The number of primary sulfonamides is 1. The average Bonchev–Trinajstić information content (AvgIpc) is 3.35. The predicted octanol–water partition coefficient (Wildman–Crippen LogP) is 2.51. The van der Waals surface area contributed by atoms with E-state index in [-0.39, 0.29) is 11.0 Å². The first kappa shape index (κ1) is 18.1. The molecule has 3 heterocycles. The number of aryl methyl sites for hydroxylation is 2. The summed E-state index contributed by atoms with van der Waals surface area (Å²) >= 11 is 0. The van der Waals surface area contributed by atoms with Gasteiger partial charge in [-0.3, -0.25) is 4.68 Å². The highest BCUT2D eigenvalue weighted by molar-refractivity contribution is 7.89. The number of furan rings is 1. The van der Waals surface area contributed by atoms with Gasteiger partial charge in [0, 0.05) is 17.3 Å². The molecule has 0 aliphatic heterocycles. The van der Waals surface area contributed by atoms with Crippen LogP contribution in [0.25, 0.3) is 22.8 Å². The molecule has 10 heteroatoms. The molecular weight excluding hydrogens is 382 g/mol. The molecule has 1 aromatic carbocycles. The third-order valence-electron chi connectivity index (χ3n) is 4.15. The fraction of sp³-hybridized carbons (Fsp3) is 0.167. The van der Waals surface area contributed by atoms with E-state index >= 15 is 0 Å². The fourth-order valence-electron chi connectivity index (χ4n) is 2.85. The van der Waals surface area contributed by atoms with Gasteiger partial charge in [0.15, 0.2) is 0 Å². The van der Waals surface area contributed by atoms with Crippen LogP contribution < -0.4 is 5.14 Å². The van der Waals surface area contributed by atoms with Crippen molar-refractivity contribution in [1.82, 2.24) is 19.9 Å². The van der Waals surface area contributed by atoms with Crippen LogP contribution in [0, 0.1) is 13.8 Å². The number of hydrogen-bond donors (Lipinski definition) is 1. The maximum Gasteiger partial charge on any atom is 0.271 e. The van der Waals surface area contributed by atoms with Gasteiger partial charge >= 0.3 is 0 Å². The zero-order chi connectivity index (χ0) is 19.9. The molecule has 0 atom stereocenters. The quantitative estimate of drug-likeness (QED) is 0.545. The summed E-state index contributed by atoms with van der Waals surface area (Å²) in [6, 6.07) is 11.0. The maximum atomic E-state index is 11.3. The molecule has 9 nitrogen and oxygen atoms in total. The first-order chi connectivity index (χ1) is 13.3. The number of sulfonamides is 1. The number of rotatable bonds is 5. The van der Waals surface area contributed by atoms with Crippen molar-refractivity contribution in [3.05, 3.63) is 59.6 Å². The van der Waals surface area contributed by atoms with Crippen molar-refractivity contribution in [2.75, 3.05) is 0 Å². The number of nitrogens with two attached hydrogens (primary N) is 1. The van der Waals surface area contributed by atoms with Crippen LogP contribution in [0.3, 0.4) is 0 Å². The Morgan fingerprint density at radius 1 is 1.14 bits per heavy atom. The van der Waals surface area contributed by atoms with Gasteiger partial charge in [0.25, 0.3) is 15.9 Å². The van der Waals surface area contributed by atoms with Crippen molar-refractivity contribution in [3.63, 3.8) is 0 Å². The van der Waals surface area contributed by atoms with Crippen molar-refractivity contribution < 1.29 is 17.4 Å². The maximum absolute atomic E-state index is 11.3. The highest BCUT2D eigenvalue weighted by atomic mass is 32.2. The van der Waals surface area contributed by atoms with Crippen LogP contribution in [0.15, 0.2) is 56.7 Å². The lowest BCUT2D eigenvalue weighted by atomic mass is 10.1. The summed E-state index contributed by atoms with van der Waals surface area (Å²) in [5.41, 5.74) is 4.19. The molecule has 3 aromatic heterocycles. The molecule has 144 valence electrons. The Kier molecular flexibility index (Phi) is 4.36. The van der Waals surface area contributed by atoms with Gasteiger partial charge in [-0.1, -0.05) is 23.4 Å². The molecule has 0 aliphatic carbocycles. The second-order valence-corrected chi connectivity index (χ2v) is 7.90. The average molecular weight is 399 g/mol. The minimum absolute atomic E-state index is 0.137. The first-order valence-electron chi connectivity index (χ1n) is 8.35. The Balaban J connectivity index is 1.60. The Labute approximate surface area is 160 Å². The van der Waals surface area contributed by atoms with E-state index in [0.717, 1.165) is 22.5 Å². The van der Waals surface area contributed by atoms with E-state index in [1.54, 1.807) is 0 Å². The summed E-state index contributed by atoms with van der Waals surface area (Å²) in [4.78, 5) is 4.32. The number of nitrogens with zero attached hydrogens (tertiary/aromatic N) is 4. The van der Waals surface area contributed by atoms with Crippen LogP contribution >= 0.6 is 0 Å². The normalized spacial score (nSPS) is 11.8. The molecule has 0 saturated carbocycles. The van der Waals surface area contributed by atoms with E-state index in [2.05, 4.69) is 15.2 Å². The third-order valence-corrected chi connectivity index (χ3v) is 4.92. The Bertz CT molecular complexity index is 1250. The van der Waals surface area contributed by atoms with Crippen molar-refractivity contribution in [1.29, 1.82) is 0 Å². The van der Waals surface area contributed by atoms with E-state index in [9.17, 15) is 8.42 Å². The minimum atomic E-state index is -3.94. The fourth-order valence-corrected chi connectivity index (χ4v) is 3.33. The number of hydrogen-bond acceptors (Lipinski definition) is 7. The van der Waals surface area contributed by atoms with E-state index in [1.165, 1.54) is 12.3 Å². The Morgan fingerprint density at radius 3 is 2.64 bits per heavy atom. The third kappa shape index (κ3) is 3.59. The van der Waals surface area contributed by atoms with Gasteiger partial charge in [-0.25, -0.2) is 13.6 Å². The largest absolute Gasteiger partial charge is 0.451 e. The monoisotopic (exact) mass is 399 g/mol. The van der Waals surface area contributed by atoms with Gasteiger partial charge in [0.2, 0.25) is 10.9 Å². The second kappa shape index (κ2) is 6.73. The van der Waals surface area contributed by atoms with Crippen LogP contribution in [0.4, 0.5) is 0 Å². The summed E-state index contributed by atoms with van der Waals surface area (Å²) in [7, 11) is -3.94. The van der Waals surface area contributed by atoms with Crippen molar-refractivity contribution in [2.45, 2.75) is 25.5 Å². The molecule has 0 fully saturated rings. The van der Waals surface area contributed by atoms with Crippen LogP contribution in [-0.4, -0.2) is 28.3 Å². The molecule has 0 amide bonds. The predicted molar refractivity (Wildman–Crippen MR) is 99.6 cm³/mol. The zero-order valence-corrected chi connectivity index (χ0v) is 16.0. The summed E-state index contributed by atoms with van der Waals surface area (Å²) in [6.07, 6.45) is 1.20. The lowest BCUT2D eigenvalue weighted by Crippen LogP contribution is -2.10. The number of benzene rings is 1. The highest BCUT2D eigenvalue weighted by Crippen LogP contribution is 2.26. The van der Waals surface area contributed by atoms with Crippen LogP contribution in [0.2, 0.25) is 0 Å². The smallest absolute Gasteiger partial charge is 0.271 e. The second-order valence-electron chi connectivity index (χ2n) is 6.41. The number of aromatic nitrogens is 4. The van der Waals surface area contributed by atoms with Crippen molar-refractivity contribution in [3.8, 4) is 22.8 Å². The van der Waals surface area contributed by atoms with E-state index in [1.807, 2.05) is 48.9 Å². The van der Waals surface area contributed by atoms with Gasteiger partial charge in [0.05, 0.1) is 17.8 Å². The lowest BCUT2D eigenvalue weighted by Gasteiger charge is -2.05. The van der Waals surface area contributed by atoms with Gasteiger partial charge in [0.1, 0.15) is 6.26 Å². The zero-order valence-electron chi connectivity index (χ0n) is 15.2. The standard InChI is InChI=1S/C18H17N5O4S/c1-11-6-12(2)23(21-11)9-13-4-3-5-14(7-13)17-20-18(27-22-17)15-8-16(26-10-15)28(19,24)25/h3-8,10H,9H2,1-2H3,(H2,19,24,25).